The van der Waals surface area contributed by atoms with Crippen LogP contribution in [0, 0.1) is 0 Å². The largest absolute Gasteiger partial charge is 0.315 e. The number of piperidine rings is 1. The van der Waals surface area contributed by atoms with Gasteiger partial charge in [0.2, 0.25) is 0 Å². The lowest BCUT2D eigenvalue weighted by molar-refractivity contribution is -0.929. The highest BCUT2D eigenvalue weighted by molar-refractivity contribution is 6.52. The highest BCUT2D eigenvalue weighted by Gasteiger charge is 2.38. The number of nitrogens with zero attached hydrogens (tertiary/aromatic N) is 1. The van der Waals surface area contributed by atoms with Crippen LogP contribution in [0.25, 0.3) is 0 Å². The first-order chi connectivity index (χ1) is 9.72. The van der Waals surface area contributed by atoms with E-state index in [2.05, 4.69) is 6.92 Å². The number of para-hydroxylation sites is 1. The molecular formula is C16H21N2O2+. The fourth-order valence-electron chi connectivity index (χ4n) is 3.46. The van der Waals surface area contributed by atoms with Crippen molar-refractivity contribution in [1.82, 2.24) is 0 Å². The van der Waals surface area contributed by atoms with E-state index in [9.17, 15) is 9.59 Å². The summed E-state index contributed by atoms with van der Waals surface area (Å²) in [4.78, 5) is 27.3. The van der Waals surface area contributed by atoms with E-state index in [-0.39, 0.29) is 11.7 Å². The Hall–Kier alpha value is -1.68. The number of quaternary nitrogens is 1. The molecule has 1 fully saturated rings. The van der Waals surface area contributed by atoms with Crippen LogP contribution in [0.4, 0.5) is 5.69 Å². The van der Waals surface area contributed by atoms with Gasteiger partial charge in [-0.15, -0.1) is 0 Å². The monoisotopic (exact) mass is 273 g/mol. The molecule has 2 heterocycles. The van der Waals surface area contributed by atoms with Gasteiger partial charge in [0, 0.05) is 0 Å². The van der Waals surface area contributed by atoms with Gasteiger partial charge in [0.15, 0.2) is 6.67 Å². The van der Waals surface area contributed by atoms with Crippen molar-refractivity contribution in [2.45, 2.75) is 38.6 Å². The minimum Gasteiger partial charge on any atom is -0.315 e. The highest BCUT2D eigenvalue weighted by Crippen LogP contribution is 2.27. The third-order valence-corrected chi connectivity index (χ3v) is 4.61. The number of nitrogens with one attached hydrogen (secondary N) is 1. The molecule has 0 aliphatic carbocycles. The number of hydrogen-bond acceptors (Lipinski definition) is 2. The second-order valence-electron chi connectivity index (χ2n) is 5.75. The fourth-order valence-corrected chi connectivity index (χ4v) is 3.46. The van der Waals surface area contributed by atoms with Crippen molar-refractivity contribution in [1.29, 1.82) is 0 Å². The lowest BCUT2D eigenvalue weighted by Gasteiger charge is -2.34. The van der Waals surface area contributed by atoms with Crippen molar-refractivity contribution in [3.05, 3.63) is 29.8 Å². The third kappa shape index (κ3) is 2.14. The number of anilines is 1. The number of amides is 1. The molecule has 4 nitrogen and oxygen atoms in total. The Kier molecular flexibility index (Phi) is 3.57. The Morgan fingerprint density at radius 2 is 2.05 bits per heavy atom. The maximum absolute atomic E-state index is 12.2. The Labute approximate surface area is 119 Å². The van der Waals surface area contributed by atoms with E-state index >= 15 is 0 Å². The summed E-state index contributed by atoms with van der Waals surface area (Å²) < 4.78 is 0. The topological polar surface area (TPSA) is 41.8 Å². The molecule has 0 bridgehead atoms. The van der Waals surface area contributed by atoms with Crippen molar-refractivity contribution in [3.8, 4) is 0 Å². The molecule has 20 heavy (non-hydrogen) atoms. The number of carbonyl (C=O) groups is 2. The summed E-state index contributed by atoms with van der Waals surface area (Å²) >= 11 is 0. The molecule has 3 rings (SSSR count). The van der Waals surface area contributed by atoms with Crippen LogP contribution in [0.3, 0.4) is 0 Å². The lowest BCUT2D eigenvalue weighted by Crippen LogP contribution is -3.18. The number of hydrogen-bond donors (Lipinski definition) is 1. The first kappa shape index (κ1) is 13.3. The van der Waals surface area contributed by atoms with E-state index in [4.69, 9.17) is 0 Å². The zero-order chi connectivity index (χ0) is 14.1. The molecule has 0 aromatic heterocycles. The first-order valence-corrected chi connectivity index (χ1v) is 7.52. The van der Waals surface area contributed by atoms with Crippen LogP contribution in [0.5, 0.6) is 0 Å². The number of ketones is 1. The molecule has 1 aromatic carbocycles. The zero-order valence-electron chi connectivity index (χ0n) is 11.9. The van der Waals surface area contributed by atoms with Crippen LogP contribution in [-0.4, -0.2) is 30.9 Å². The summed E-state index contributed by atoms with van der Waals surface area (Å²) in [7, 11) is 0. The molecule has 2 aliphatic heterocycles. The van der Waals surface area contributed by atoms with Crippen LogP contribution >= 0.6 is 0 Å². The second-order valence-corrected chi connectivity index (χ2v) is 5.75. The van der Waals surface area contributed by atoms with E-state index < -0.39 is 0 Å². The molecule has 2 aliphatic rings. The maximum Gasteiger partial charge on any atom is 0.303 e. The van der Waals surface area contributed by atoms with Crippen molar-refractivity contribution < 1.29 is 14.5 Å². The normalized spacial score (nSPS) is 25.9. The van der Waals surface area contributed by atoms with Gasteiger partial charge < -0.3 is 4.90 Å². The summed E-state index contributed by atoms with van der Waals surface area (Å²) in [6.45, 7) is 3.93. The number of rotatable bonds is 3. The standard InChI is InChI=1S/C16H20N2O2/c1-2-12-7-5-6-10-17(12)11-18-14-9-4-3-8-13(14)15(19)16(18)20/h3-4,8-9,12H,2,5-7,10-11H2,1H3/p+1/t12-/m1/s1. The van der Waals surface area contributed by atoms with E-state index in [1.54, 1.807) is 11.0 Å². The van der Waals surface area contributed by atoms with Gasteiger partial charge in [0.1, 0.15) is 0 Å². The van der Waals surface area contributed by atoms with Crippen LogP contribution < -0.4 is 9.80 Å². The molecule has 1 N–H and O–H groups in total. The average molecular weight is 273 g/mol. The molecule has 1 saturated heterocycles. The molecule has 1 aromatic rings. The van der Waals surface area contributed by atoms with Crippen LogP contribution in [0.15, 0.2) is 24.3 Å². The molecule has 0 saturated carbocycles. The van der Waals surface area contributed by atoms with Gasteiger partial charge in [-0.2, -0.15) is 0 Å². The lowest BCUT2D eigenvalue weighted by atomic mass is 10.0. The molecule has 4 heteroatoms. The van der Waals surface area contributed by atoms with E-state index in [0.717, 1.165) is 18.7 Å². The summed E-state index contributed by atoms with van der Waals surface area (Å²) in [6, 6.07) is 7.94. The Balaban J connectivity index is 1.84. The second kappa shape index (κ2) is 5.37. The Morgan fingerprint density at radius 3 is 2.85 bits per heavy atom. The van der Waals surface area contributed by atoms with E-state index in [1.807, 2.05) is 18.2 Å². The fraction of sp³-hybridized carbons (Fsp3) is 0.500. The molecular weight excluding hydrogens is 252 g/mol. The quantitative estimate of drug-likeness (QED) is 0.836. The molecule has 0 radical (unpaired) electrons. The van der Waals surface area contributed by atoms with Gasteiger partial charge in [-0.1, -0.05) is 19.1 Å². The summed E-state index contributed by atoms with van der Waals surface area (Å²) in [5.41, 5.74) is 1.34. The maximum atomic E-state index is 12.2. The number of likely N-dealkylation sites (tertiary alicyclic amines) is 1. The SMILES string of the molecule is CC[C@@H]1CCCC[NH+]1CN1C(=O)C(=O)c2ccccc21. The number of carbonyl (C=O) groups excluding carboxylic acids is 2. The van der Waals surface area contributed by atoms with Gasteiger partial charge in [-0.25, -0.2) is 0 Å². The van der Waals surface area contributed by atoms with E-state index in [0.29, 0.717) is 18.3 Å². The number of benzene rings is 1. The van der Waals surface area contributed by atoms with E-state index in [1.165, 1.54) is 24.2 Å². The Bertz CT molecular complexity index is 541. The number of fused-ring (bicyclic) bond motifs is 1. The minimum atomic E-state index is -0.362. The predicted molar refractivity (Wildman–Crippen MR) is 76.9 cm³/mol. The Morgan fingerprint density at radius 1 is 1.25 bits per heavy atom. The van der Waals surface area contributed by atoms with Gasteiger partial charge in [-0.05, 0) is 37.8 Å². The predicted octanol–water partition coefficient (Wildman–Crippen LogP) is 1.02. The van der Waals surface area contributed by atoms with Crippen molar-refractivity contribution in [2.75, 3.05) is 18.1 Å². The van der Waals surface area contributed by atoms with Crippen LogP contribution in [0.1, 0.15) is 43.0 Å². The summed E-state index contributed by atoms with van der Waals surface area (Å²) in [5.74, 6) is -0.718. The molecule has 2 atom stereocenters. The molecule has 1 unspecified atom stereocenters. The summed E-state index contributed by atoms with van der Waals surface area (Å²) in [6.07, 6.45) is 4.85. The van der Waals surface area contributed by atoms with Crippen LogP contribution in [-0.2, 0) is 4.79 Å². The van der Waals surface area contributed by atoms with Gasteiger partial charge in [-0.3, -0.25) is 14.5 Å². The van der Waals surface area contributed by atoms with Crippen molar-refractivity contribution >= 4 is 17.4 Å². The zero-order valence-corrected chi connectivity index (χ0v) is 11.9. The molecule has 0 spiro atoms. The highest BCUT2D eigenvalue weighted by atomic mass is 16.2. The first-order valence-electron chi connectivity index (χ1n) is 7.52. The van der Waals surface area contributed by atoms with Gasteiger partial charge >= 0.3 is 5.91 Å². The van der Waals surface area contributed by atoms with Crippen LogP contribution in [0.2, 0.25) is 0 Å². The van der Waals surface area contributed by atoms with Gasteiger partial charge in [0.25, 0.3) is 5.78 Å². The molecule has 106 valence electrons. The van der Waals surface area contributed by atoms with Gasteiger partial charge in [0.05, 0.1) is 23.8 Å². The number of Topliss-reactive ketones (excluding diaryl/α,β-unsaturated/α-hetero) is 1. The summed E-state index contributed by atoms with van der Waals surface area (Å²) in [5, 5.41) is 0. The van der Waals surface area contributed by atoms with Crippen molar-refractivity contribution in [3.63, 3.8) is 0 Å². The van der Waals surface area contributed by atoms with Crippen molar-refractivity contribution in [2.24, 2.45) is 0 Å². The average Bonchev–Trinajstić information content (AvgIpc) is 2.73. The third-order valence-electron chi connectivity index (χ3n) is 4.61. The molecule has 1 amide bonds. The smallest absolute Gasteiger partial charge is 0.303 e. The minimum absolute atomic E-state index is 0.356.